The lowest BCUT2D eigenvalue weighted by Gasteiger charge is -2.06. The molecular formula is C19H21N9O3. The van der Waals surface area contributed by atoms with Gasteiger partial charge in [0.25, 0.3) is 0 Å². The molecule has 3 aromatic heterocycles. The van der Waals surface area contributed by atoms with Crippen LogP contribution in [0.15, 0.2) is 42.9 Å². The Morgan fingerprint density at radius 3 is 2.84 bits per heavy atom. The number of fused-ring (bicyclic) bond motifs is 1. The molecule has 4 rings (SSSR count). The summed E-state index contributed by atoms with van der Waals surface area (Å²) in [5.41, 5.74) is 8.11. The van der Waals surface area contributed by atoms with Gasteiger partial charge in [-0.1, -0.05) is 5.21 Å². The Labute approximate surface area is 176 Å². The maximum atomic E-state index is 10.6. The van der Waals surface area contributed by atoms with Crippen molar-refractivity contribution in [3.05, 3.63) is 42.9 Å². The van der Waals surface area contributed by atoms with E-state index in [1.807, 2.05) is 6.20 Å². The minimum atomic E-state index is -0.905. The van der Waals surface area contributed by atoms with Crippen molar-refractivity contribution in [1.29, 1.82) is 0 Å². The van der Waals surface area contributed by atoms with E-state index in [0.29, 0.717) is 29.4 Å². The van der Waals surface area contributed by atoms with Crippen LogP contribution < -0.4 is 15.8 Å². The summed E-state index contributed by atoms with van der Waals surface area (Å²) in [7, 11) is 0. The van der Waals surface area contributed by atoms with Crippen LogP contribution in [0.25, 0.3) is 16.9 Å². The average Bonchev–Trinajstić information content (AvgIpc) is 3.39. The molecule has 160 valence electrons. The van der Waals surface area contributed by atoms with Crippen molar-refractivity contribution in [3.63, 3.8) is 0 Å². The molecule has 0 saturated carbocycles. The van der Waals surface area contributed by atoms with Crippen molar-refractivity contribution in [2.24, 2.45) is 5.73 Å². The van der Waals surface area contributed by atoms with Gasteiger partial charge in [-0.25, -0.2) is 4.98 Å². The molecule has 0 saturated heterocycles. The van der Waals surface area contributed by atoms with Crippen molar-refractivity contribution < 1.29 is 14.6 Å². The Kier molecular flexibility index (Phi) is 5.98. The van der Waals surface area contributed by atoms with E-state index in [1.54, 1.807) is 46.0 Å². The smallest absolute Gasteiger partial charge is 0.306 e. The quantitative estimate of drug-likeness (QED) is 0.340. The van der Waals surface area contributed by atoms with Gasteiger partial charge in [0.2, 0.25) is 5.95 Å². The van der Waals surface area contributed by atoms with Crippen LogP contribution >= 0.6 is 0 Å². The Morgan fingerprint density at radius 2 is 2.06 bits per heavy atom. The zero-order valence-electron chi connectivity index (χ0n) is 16.5. The highest BCUT2D eigenvalue weighted by molar-refractivity contribution is 5.72. The first-order chi connectivity index (χ1) is 15.1. The van der Waals surface area contributed by atoms with Crippen molar-refractivity contribution in [2.45, 2.75) is 19.4 Å². The summed E-state index contributed by atoms with van der Waals surface area (Å²) in [6.45, 7) is 1.45. The zero-order chi connectivity index (χ0) is 21.6. The standard InChI is InChI=1S/C19H21N9O3/c20-7-1-8-27-12-13(10-22-27)23-19-21-11-16-18(24-19)28(26-25-16)14-2-4-15(5-3-14)31-9-6-17(29)30/h2-5,10-12H,1,6-9,20H2,(H,29,30)(H,21,23,24). The van der Waals surface area contributed by atoms with Crippen molar-refractivity contribution in [3.8, 4) is 11.4 Å². The van der Waals surface area contributed by atoms with Gasteiger partial charge in [0, 0.05) is 12.7 Å². The van der Waals surface area contributed by atoms with Crippen LogP contribution in [0.2, 0.25) is 0 Å². The van der Waals surface area contributed by atoms with Gasteiger partial charge in [0.1, 0.15) is 5.75 Å². The molecule has 3 heterocycles. The SMILES string of the molecule is NCCCn1cc(Nc2ncc3nnn(-c4ccc(OCCC(=O)O)cc4)c3n2)cn1. The van der Waals surface area contributed by atoms with E-state index in [0.717, 1.165) is 24.3 Å². The first-order valence-corrected chi connectivity index (χ1v) is 9.65. The maximum absolute atomic E-state index is 10.6. The van der Waals surface area contributed by atoms with Gasteiger partial charge < -0.3 is 20.9 Å². The molecule has 12 nitrogen and oxygen atoms in total. The Morgan fingerprint density at radius 1 is 1.23 bits per heavy atom. The highest BCUT2D eigenvalue weighted by Gasteiger charge is 2.11. The number of nitrogens with two attached hydrogens (primary N) is 1. The predicted molar refractivity (Wildman–Crippen MR) is 111 cm³/mol. The number of carboxylic acids is 1. The third kappa shape index (κ3) is 4.93. The molecule has 0 fully saturated rings. The van der Waals surface area contributed by atoms with Gasteiger partial charge in [-0.2, -0.15) is 14.8 Å². The Hall–Kier alpha value is -4.06. The maximum Gasteiger partial charge on any atom is 0.306 e. The van der Waals surface area contributed by atoms with Crippen molar-refractivity contribution in [2.75, 3.05) is 18.5 Å². The van der Waals surface area contributed by atoms with E-state index >= 15 is 0 Å². The molecule has 0 atom stereocenters. The monoisotopic (exact) mass is 423 g/mol. The van der Waals surface area contributed by atoms with Crippen LogP contribution in [0.3, 0.4) is 0 Å². The van der Waals surface area contributed by atoms with Crippen molar-refractivity contribution in [1.82, 2.24) is 34.7 Å². The summed E-state index contributed by atoms with van der Waals surface area (Å²) in [5, 5.41) is 24.4. The number of carbonyl (C=O) groups is 1. The zero-order valence-corrected chi connectivity index (χ0v) is 16.5. The molecule has 0 spiro atoms. The first-order valence-electron chi connectivity index (χ1n) is 9.65. The van der Waals surface area contributed by atoms with Crippen LogP contribution in [0.4, 0.5) is 11.6 Å². The predicted octanol–water partition coefficient (Wildman–Crippen LogP) is 1.35. The normalized spacial score (nSPS) is 11.0. The third-order valence-corrected chi connectivity index (χ3v) is 4.34. The van der Waals surface area contributed by atoms with E-state index in [4.69, 9.17) is 15.6 Å². The number of hydrogen-bond donors (Lipinski definition) is 3. The Balaban J connectivity index is 1.50. The molecule has 0 radical (unpaired) electrons. The number of benzene rings is 1. The minimum absolute atomic E-state index is 0.0614. The molecule has 0 amide bonds. The fraction of sp³-hybridized carbons (Fsp3) is 0.263. The number of nitrogens with zero attached hydrogens (tertiary/aromatic N) is 7. The number of nitrogens with one attached hydrogen (secondary N) is 1. The van der Waals surface area contributed by atoms with Gasteiger partial charge in [-0.3, -0.25) is 9.48 Å². The van der Waals surface area contributed by atoms with E-state index in [2.05, 4.69) is 30.7 Å². The number of aryl methyl sites for hydroxylation is 1. The summed E-state index contributed by atoms with van der Waals surface area (Å²) in [6, 6.07) is 7.06. The van der Waals surface area contributed by atoms with E-state index in [-0.39, 0.29) is 13.0 Å². The second-order valence-corrected chi connectivity index (χ2v) is 6.65. The molecule has 4 N–H and O–H groups in total. The van der Waals surface area contributed by atoms with E-state index in [9.17, 15) is 4.79 Å². The molecular weight excluding hydrogens is 402 g/mol. The second kappa shape index (κ2) is 9.17. The highest BCUT2D eigenvalue weighted by atomic mass is 16.5. The molecule has 4 aromatic rings. The fourth-order valence-corrected chi connectivity index (χ4v) is 2.83. The number of aromatic nitrogens is 7. The molecule has 0 aliphatic carbocycles. The number of carboxylic acid groups (broad SMARTS) is 1. The average molecular weight is 423 g/mol. The number of hydrogen-bond acceptors (Lipinski definition) is 9. The highest BCUT2D eigenvalue weighted by Crippen LogP contribution is 2.20. The molecule has 0 bridgehead atoms. The first kappa shape index (κ1) is 20.2. The molecule has 0 aliphatic rings. The third-order valence-electron chi connectivity index (χ3n) is 4.34. The van der Waals surface area contributed by atoms with Crippen molar-refractivity contribution >= 4 is 28.8 Å². The van der Waals surface area contributed by atoms with Gasteiger partial charge >= 0.3 is 5.97 Å². The summed E-state index contributed by atoms with van der Waals surface area (Å²) >= 11 is 0. The van der Waals surface area contributed by atoms with Gasteiger partial charge in [0.15, 0.2) is 11.2 Å². The van der Waals surface area contributed by atoms with Crippen LogP contribution in [0, 0.1) is 0 Å². The minimum Gasteiger partial charge on any atom is -0.493 e. The molecule has 12 heteroatoms. The summed E-state index contributed by atoms with van der Waals surface area (Å²) < 4.78 is 8.81. The largest absolute Gasteiger partial charge is 0.493 e. The fourth-order valence-electron chi connectivity index (χ4n) is 2.83. The lowest BCUT2D eigenvalue weighted by molar-refractivity contribution is -0.137. The van der Waals surface area contributed by atoms with Crippen LogP contribution in [0.1, 0.15) is 12.8 Å². The van der Waals surface area contributed by atoms with Crippen LogP contribution in [-0.4, -0.2) is 59.0 Å². The van der Waals surface area contributed by atoms with Crippen LogP contribution in [-0.2, 0) is 11.3 Å². The summed E-state index contributed by atoms with van der Waals surface area (Å²) in [4.78, 5) is 19.4. The van der Waals surface area contributed by atoms with Gasteiger partial charge in [-0.15, -0.1) is 5.10 Å². The number of aliphatic carboxylic acids is 1. The van der Waals surface area contributed by atoms with Gasteiger partial charge in [-0.05, 0) is 37.2 Å². The van der Waals surface area contributed by atoms with E-state index in [1.165, 1.54) is 0 Å². The number of rotatable bonds is 10. The lowest BCUT2D eigenvalue weighted by atomic mass is 10.3. The number of ether oxygens (including phenoxy) is 1. The lowest BCUT2D eigenvalue weighted by Crippen LogP contribution is -2.05. The molecule has 1 aromatic carbocycles. The topological polar surface area (TPSA) is 159 Å². The molecule has 31 heavy (non-hydrogen) atoms. The Bertz CT molecular complexity index is 1170. The number of anilines is 2. The molecule has 0 aliphatic heterocycles. The van der Waals surface area contributed by atoms with Gasteiger partial charge in [0.05, 0.1) is 36.8 Å². The second-order valence-electron chi connectivity index (χ2n) is 6.65. The summed E-state index contributed by atoms with van der Waals surface area (Å²) in [5.74, 6) is 0.0545. The van der Waals surface area contributed by atoms with E-state index < -0.39 is 5.97 Å². The summed E-state index contributed by atoms with van der Waals surface area (Å²) in [6.07, 6.45) is 5.94. The molecule has 0 unspecified atom stereocenters. The van der Waals surface area contributed by atoms with Crippen LogP contribution in [0.5, 0.6) is 5.75 Å².